The van der Waals surface area contributed by atoms with Gasteiger partial charge in [0.1, 0.15) is 0 Å². The molecule has 1 amide bonds. The predicted molar refractivity (Wildman–Crippen MR) is 77.0 cm³/mol. The van der Waals surface area contributed by atoms with E-state index < -0.39 is 0 Å². The van der Waals surface area contributed by atoms with Crippen LogP contribution in [0.3, 0.4) is 0 Å². The Balaban J connectivity index is 1.93. The summed E-state index contributed by atoms with van der Waals surface area (Å²) in [5.41, 5.74) is 1.67. The molecule has 0 aliphatic heterocycles. The Bertz CT molecular complexity index is 540. The standard InChI is InChI=1S/C13H13BrN2OS/c1-9-10(3-2-4-11(9)14)13(17)16-6-5-12-15-7-8-18-12/h2-4,7-8H,5-6H2,1H3,(H,16,17). The van der Waals surface area contributed by atoms with Crippen molar-refractivity contribution in [2.75, 3.05) is 6.54 Å². The summed E-state index contributed by atoms with van der Waals surface area (Å²) in [6.45, 7) is 2.54. The van der Waals surface area contributed by atoms with E-state index in [-0.39, 0.29) is 5.91 Å². The fourth-order valence-electron chi connectivity index (χ4n) is 1.61. The lowest BCUT2D eigenvalue weighted by Crippen LogP contribution is -2.26. The van der Waals surface area contributed by atoms with Gasteiger partial charge in [0.2, 0.25) is 0 Å². The minimum Gasteiger partial charge on any atom is -0.352 e. The summed E-state index contributed by atoms with van der Waals surface area (Å²) in [5.74, 6) is -0.0367. The van der Waals surface area contributed by atoms with Crippen LogP contribution in [0, 0.1) is 6.92 Å². The molecule has 1 aromatic carbocycles. The van der Waals surface area contributed by atoms with Crippen molar-refractivity contribution in [1.29, 1.82) is 0 Å². The van der Waals surface area contributed by atoms with Crippen LogP contribution in [0.1, 0.15) is 20.9 Å². The van der Waals surface area contributed by atoms with Gasteiger partial charge in [0.05, 0.1) is 5.01 Å². The molecule has 0 saturated carbocycles. The van der Waals surface area contributed by atoms with Crippen LogP contribution in [0.25, 0.3) is 0 Å². The van der Waals surface area contributed by atoms with Crippen LogP contribution >= 0.6 is 27.3 Å². The summed E-state index contributed by atoms with van der Waals surface area (Å²) in [5, 5.41) is 5.90. The lowest BCUT2D eigenvalue weighted by molar-refractivity contribution is 0.0953. The molecular formula is C13H13BrN2OS. The molecule has 18 heavy (non-hydrogen) atoms. The quantitative estimate of drug-likeness (QED) is 0.938. The zero-order valence-electron chi connectivity index (χ0n) is 9.94. The van der Waals surface area contributed by atoms with Gasteiger partial charge in [-0.2, -0.15) is 0 Å². The zero-order chi connectivity index (χ0) is 13.0. The second-order valence-corrected chi connectivity index (χ2v) is 5.68. The third-order valence-electron chi connectivity index (χ3n) is 2.62. The number of thiazole rings is 1. The van der Waals surface area contributed by atoms with E-state index in [2.05, 4.69) is 26.2 Å². The topological polar surface area (TPSA) is 42.0 Å². The molecule has 0 bridgehead atoms. The molecule has 0 aliphatic rings. The number of rotatable bonds is 4. The van der Waals surface area contributed by atoms with Gasteiger partial charge in [-0.05, 0) is 24.6 Å². The molecule has 0 radical (unpaired) electrons. The van der Waals surface area contributed by atoms with Crippen LogP contribution in [0.15, 0.2) is 34.2 Å². The van der Waals surface area contributed by atoms with Crippen LogP contribution in [-0.2, 0) is 6.42 Å². The number of halogens is 1. The molecule has 0 aliphatic carbocycles. The Hall–Kier alpha value is -1.20. The van der Waals surface area contributed by atoms with Crippen molar-refractivity contribution in [2.45, 2.75) is 13.3 Å². The summed E-state index contributed by atoms with van der Waals surface area (Å²) >= 11 is 5.03. The number of nitrogens with one attached hydrogen (secondary N) is 1. The fraction of sp³-hybridized carbons (Fsp3) is 0.231. The molecule has 5 heteroatoms. The normalized spacial score (nSPS) is 10.3. The largest absolute Gasteiger partial charge is 0.352 e. The van der Waals surface area contributed by atoms with Gasteiger partial charge in [-0.25, -0.2) is 4.98 Å². The van der Waals surface area contributed by atoms with Crippen LogP contribution in [0.2, 0.25) is 0 Å². The second kappa shape index (κ2) is 6.11. The third-order valence-corrected chi connectivity index (χ3v) is 4.32. The first-order valence-electron chi connectivity index (χ1n) is 5.60. The monoisotopic (exact) mass is 324 g/mol. The Morgan fingerprint density at radius 3 is 3.06 bits per heavy atom. The lowest BCUT2D eigenvalue weighted by Gasteiger charge is -2.08. The molecule has 1 heterocycles. The Labute approximate surface area is 118 Å². The number of aromatic nitrogens is 1. The number of hydrogen-bond acceptors (Lipinski definition) is 3. The predicted octanol–water partition coefficient (Wildman–Crippen LogP) is 3.19. The van der Waals surface area contributed by atoms with Crippen molar-refractivity contribution < 1.29 is 4.79 Å². The SMILES string of the molecule is Cc1c(Br)cccc1C(=O)NCCc1nccs1. The molecule has 2 rings (SSSR count). The Kier molecular flexibility index (Phi) is 4.49. The summed E-state index contributed by atoms with van der Waals surface area (Å²) in [4.78, 5) is 16.2. The van der Waals surface area contributed by atoms with Crippen molar-refractivity contribution >= 4 is 33.2 Å². The average molecular weight is 325 g/mol. The highest BCUT2D eigenvalue weighted by atomic mass is 79.9. The second-order valence-electron chi connectivity index (χ2n) is 3.84. The van der Waals surface area contributed by atoms with Gasteiger partial charge >= 0.3 is 0 Å². The van der Waals surface area contributed by atoms with E-state index in [9.17, 15) is 4.79 Å². The van der Waals surface area contributed by atoms with Crippen molar-refractivity contribution in [3.05, 3.63) is 50.4 Å². The van der Waals surface area contributed by atoms with Crippen LogP contribution < -0.4 is 5.32 Å². The number of hydrogen-bond donors (Lipinski definition) is 1. The molecule has 1 aromatic heterocycles. The van der Waals surface area contributed by atoms with E-state index in [4.69, 9.17) is 0 Å². The molecule has 2 aromatic rings. The first-order chi connectivity index (χ1) is 8.68. The minimum atomic E-state index is -0.0367. The number of carbonyl (C=O) groups is 1. The summed E-state index contributed by atoms with van der Waals surface area (Å²) in [6, 6.07) is 5.63. The van der Waals surface area contributed by atoms with Crippen LogP contribution in [0.4, 0.5) is 0 Å². The molecule has 0 fully saturated rings. The van der Waals surface area contributed by atoms with Gasteiger partial charge in [-0.1, -0.05) is 22.0 Å². The molecule has 0 spiro atoms. The maximum absolute atomic E-state index is 12.0. The van der Waals surface area contributed by atoms with Gasteiger partial charge in [0.15, 0.2) is 0 Å². The van der Waals surface area contributed by atoms with Gasteiger partial charge in [-0.15, -0.1) is 11.3 Å². The van der Waals surface area contributed by atoms with Crippen molar-refractivity contribution in [1.82, 2.24) is 10.3 Å². The highest BCUT2D eigenvalue weighted by molar-refractivity contribution is 9.10. The number of amides is 1. The van der Waals surface area contributed by atoms with Crippen molar-refractivity contribution in [3.8, 4) is 0 Å². The fourth-order valence-corrected chi connectivity index (χ4v) is 2.59. The molecule has 3 nitrogen and oxygen atoms in total. The molecule has 0 unspecified atom stereocenters. The lowest BCUT2D eigenvalue weighted by atomic mass is 10.1. The number of nitrogens with zero attached hydrogens (tertiary/aromatic N) is 1. The van der Waals surface area contributed by atoms with Gasteiger partial charge in [-0.3, -0.25) is 4.79 Å². The third kappa shape index (κ3) is 3.17. The van der Waals surface area contributed by atoms with E-state index in [1.165, 1.54) is 0 Å². The van der Waals surface area contributed by atoms with Gasteiger partial charge in [0.25, 0.3) is 5.91 Å². The van der Waals surface area contributed by atoms with Crippen molar-refractivity contribution in [2.24, 2.45) is 0 Å². The summed E-state index contributed by atoms with van der Waals surface area (Å²) in [7, 11) is 0. The highest BCUT2D eigenvalue weighted by Gasteiger charge is 2.10. The van der Waals surface area contributed by atoms with E-state index in [0.29, 0.717) is 12.1 Å². The highest BCUT2D eigenvalue weighted by Crippen LogP contribution is 2.19. The smallest absolute Gasteiger partial charge is 0.251 e. The summed E-state index contributed by atoms with van der Waals surface area (Å²) < 4.78 is 0.954. The van der Waals surface area contributed by atoms with Crippen LogP contribution in [-0.4, -0.2) is 17.4 Å². The van der Waals surface area contributed by atoms with E-state index >= 15 is 0 Å². The molecule has 1 N–H and O–H groups in total. The first-order valence-corrected chi connectivity index (χ1v) is 7.27. The van der Waals surface area contributed by atoms with Crippen LogP contribution in [0.5, 0.6) is 0 Å². The molecular weight excluding hydrogens is 312 g/mol. The van der Waals surface area contributed by atoms with E-state index in [0.717, 1.165) is 21.5 Å². The summed E-state index contributed by atoms with van der Waals surface area (Å²) in [6.07, 6.45) is 2.55. The zero-order valence-corrected chi connectivity index (χ0v) is 12.3. The van der Waals surface area contributed by atoms with E-state index in [1.807, 2.05) is 30.5 Å². The maximum Gasteiger partial charge on any atom is 0.251 e. The first kappa shape index (κ1) is 13.2. The molecule has 94 valence electrons. The van der Waals surface area contributed by atoms with Crippen molar-refractivity contribution in [3.63, 3.8) is 0 Å². The number of benzene rings is 1. The Morgan fingerprint density at radius 2 is 2.33 bits per heavy atom. The molecule has 0 atom stereocenters. The Morgan fingerprint density at radius 1 is 1.50 bits per heavy atom. The average Bonchev–Trinajstić information content (AvgIpc) is 2.85. The maximum atomic E-state index is 12.0. The molecule has 0 saturated heterocycles. The van der Waals surface area contributed by atoms with E-state index in [1.54, 1.807) is 17.5 Å². The minimum absolute atomic E-state index is 0.0367. The van der Waals surface area contributed by atoms with Gasteiger partial charge < -0.3 is 5.32 Å². The number of carbonyl (C=O) groups excluding carboxylic acids is 1. The van der Waals surface area contributed by atoms with Gasteiger partial charge in [0, 0.05) is 34.6 Å².